The number of hydrogen-bond donors (Lipinski definition) is 0. The molecule has 0 heterocycles. The van der Waals surface area contributed by atoms with Crippen molar-refractivity contribution in [2.45, 2.75) is 35.8 Å². The van der Waals surface area contributed by atoms with Crippen molar-refractivity contribution in [3.05, 3.63) is 66.2 Å². The molecule has 0 saturated heterocycles. The fourth-order valence-electron chi connectivity index (χ4n) is 3.39. The highest BCUT2D eigenvalue weighted by atomic mass is 32.2. The van der Waals surface area contributed by atoms with Crippen molar-refractivity contribution in [1.82, 2.24) is 0 Å². The van der Waals surface area contributed by atoms with Crippen LogP contribution in [0.4, 0.5) is 0 Å². The van der Waals surface area contributed by atoms with Gasteiger partial charge in [0.2, 0.25) is 0 Å². The van der Waals surface area contributed by atoms with Gasteiger partial charge in [0.15, 0.2) is 15.6 Å². The van der Waals surface area contributed by atoms with Crippen LogP contribution in [0.3, 0.4) is 0 Å². The Kier molecular flexibility index (Phi) is 4.11. The topological polar surface area (TPSA) is 51.2 Å². The molecule has 1 aliphatic carbocycles. The minimum absolute atomic E-state index is 0.0922. The van der Waals surface area contributed by atoms with Crippen LogP contribution in [-0.2, 0) is 21.1 Å². The Morgan fingerprint density at radius 2 is 1.61 bits per heavy atom. The van der Waals surface area contributed by atoms with E-state index in [0.717, 1.165) is 12.8 Å². The van der Waals surface area contributed by atoms with Gasteiger partial charge >= 0.3 is 0 Å². The first-order valence-electron chi connectivity index (χ1n) is 7.83. The Hall–Kier alpha value is -1.94. The van der Waals surface area contributed by atoms with E-state index in [4.69, 9.17) is 0 Å². The summed E-state index contributed by atoms with van der Waals surface area (Å²) in [4.78, 5) is 12.4. The minimum atomic E-state index is -3.63. The first kappa shape index (κ1) is 15.9. The maximum Gasteiger partial charge on any atom is 0.191 e. The molecule has 0 N–H and O–H groups in total. The van der Waals surface area contributed by atoms with Gasteiger partial charge in [-0.15, -0.1) is 0 Å². The summed E-state index contributed by atoms with van der Waals surface area (Å²) in [5.41, 5.74) is 1.17. The van der Waals surface area contributed by atoms with Crippen molar-refractivity contribution in [2.75, 3.05) is 0 Å². The quantitative estimate of drug-likeness (QED) is 0.816. The maximum absolute atomic E-state index is 13.0. The zero-order valence-electron chi connectivity index (χ0n) is 13.1. The summed E-state index contributed by atoms with van der Waals surface area (Å²) in [6, 6.07) is 18.3. The number of rotatable bonds is 6. The molecular formula is C19H20O3S. The second kappa shape index (κ2) is 5.93. The Morgan fingerprint density at radius 1 is 1.04 bits per heavy atom. The highest BCUT2D eigenvalue weighted by molar-refractivity contribution is 7.94. The van der Waals surface area contributed by atoms with Gasteiger partial charge in [-0.05, 0) is 49.8 Å². The normalized spacial score (nSPS) is 23.4. The van der Waals surface area contributed by atoms with Gasteiger partial charge in [0.25, 0.3) is 0 Å². The molecule has 2 atom stereocenters. The van der Waals surface area contributed by atoms with E-state index in [2.05, 4.69) is 0 Å². The molecule has 0 radical (unpaired) electrons. The lowest BCUT2D eigenvalue weighted by molar-refractivity contribution is -0.117. The van der Waals surface area contributed by atoms with Gasteiger partial charge in [0.05, 0.1) is 4.90 Å². The van der Waals surface area contributed by atoms with Gasteiger partial charge in [-0.3, -0.25) is 4.79 Å². The molecule has 3 nitrogen and oxygen atoms in total. The number of ketones is 1. The van der Waals surface area contributed by atoms with E-state index in [0.29, 0.717) is 6.42 Å². The summed E-state index contributed by atoms with van der Waals surface area (Å²) in [6.45, 7) is 1.41. The predicted octanol–water partition coefficient (Wildman–Crippen LogP) is 3.44. The number of carbonyl (C=O) groups is 1. The minimum Gasteiger partial charge on any atom is -0.298 e. The van der Waals surface area contributed by atoms with Gasteiger partial charge in [-0.2, -0.15) is 0 Å². The summed E-state index contributed by atoms with van der Waals surface area (Å²) >= 11 is 0. The molecule has 0 amide bonds. The summed E-state index contributed by atoms with van der Waals surface area (Å²) < 4.78 is 24.7. The fourth-order valence-corrected chi connectivity index (χ4v) is 5.68. The predicted molar refractivity (Wildman–Crippen MR) is 89.9 cm³/mol. The average Bonchev–Trinajstić information content (AvgIpc) is 3.31. The van der Waals surface area contributed by atoms with Crippen LogP contribution in [0.15, 0.2) is 65.6 Å². The van der Waals surface area contributed by atoms with Crippen molar-refractivity contribution < 1.29 is 13.2 Å². The third-order valence-corrected chi connectivity index (χ3v) is 7.44. The van der Waals surface area contributed by atoms with Crippen molar-refractivity contribution in [3.63, 3.8) is 0 Å². The second-order valence-corrected chi connectivity index (χ2v) is 8.39. The van der Waals surface area contributed by atoms with Crippen LogP contribution in [-0.4, -0.2) is 18.9 Å². The highest BCUT2D eigenvalue weighted by Crippen LogP contribution is 2.55. The molecule has 0 bridgehead atoms. The van der Waals surface area contributed by atoms with Crippen molar-refractivity contribution in [1.29, 1.82) is 0 Å². The number of hydrogen-bond acceptors (Lipinski definition) is 3. The van der Waals surface area contributed by atoms with Crippen LogP contribution in [0.5, 0.6) is 0 Å². The maximum atomic E-state index is 13.0. The molecule has 0 aliphatic heterocycles. The molecule has 1 aliphatic rings. The standard InChI is InChI=1S/C19H20O3S/c1-15(20)19(23(21,22)18-10-6-3-7-11-18)14-17(19)13-12-16-8-4-2-5-9-16/h2-11,17H,12-14H2,1H3/t17-,19-/m0/s1. The number of Topliss-reactive ketones (excluding diaryl/α,β-unsaturated/α-hetero) is 1. The summed E-state index contributed by atoms with van der Waals surface area (Å²) in [7, 11) is -3.63. The highest BCUT2D eigenvalue weighted by Gasteiger charge is 2.66. The summed E-state index contributed by atoms with van der Waals surface area (Å²) in [6.07, 6.45) is 1.95. The molecule has 2 aromatic rings. The van der Waals surface area contributed by atoms with E-state index in [1.54, 1.807) is 30.3 Å². The SMILES string of the molecule is CC(=O)[C@@]1(S(=O)(=O)c2ccccc2)C[C@@H]1CCc1ccccc1. The molecule has 1 saturated carbocycles. The number of aryl methyl sites for hydroxylation is 1. The third-order valence-electron chi connectivity index (χ3n) is 4.80. The van der Waals surface area contributed by atoms with Gasteiger partial charge < -0.3 is 0 Å². The average molecular weight is 328 g/mol. The lowest BCUT2D eigenvalue weighted by Gasteiger charge is -2.15. The lowest BCUT2D eigenvalue weighted by Crippen LogP contribution is -2.33. The van der Waals surface area contributed by atoms with Crippen LogP contribution in [0, 0.1) is 5.92 Å². The monoisotopic (exact) mass is 328 g/mol. The zero-order valence-corrected chi connectivity index (χ0v) is 13.9. The molecule has 120 valence electrons. The Bertz CT molecular complexity index is 797. The van der Waals surface area contributed by atoms with Gasteiger partial charge in [0.1, 0.15) is 4.75 Å². The third kappa shape index (κ3) is 2.72. The van der Waals surface area contributed by atoms with E-state index >= 15 is 0 Å². The van der Waals surface area contributed by atoms with E-state index < -0.39 is 14.6 Å². The van der Waals surface area contributed by atoms with Crippen LogP contribution in [0.1, 0.15) is 25.3 Å². The number of carbonyl (C=O) groups excluding carboxylic acids is 1. The first-order chi connectivity index (χ1) is 11.0. The smallest absolute Gasteiger partial charge is 0.191 e. The first-order valence-corrected chi connectivity index (χ1v) is 9.31. The van der Waals surface area contributed by atoms with E-state index in [1.807, 2.05) is 30.3 Å². The van der Waals surface area contributed by atoms with Crippen LogP contribution in [0.25, 0.3) is 0 Å². The number of benzene rings is 2. The van der Waals surface area contributed by atoms with Crippen LogP contribution in [0.2, 0.25) is 0 Å². The Labute approximate surface area is 137 Å². The molecule has 4 heteroatoms. The van der Waals surface area contributed by atoms with Crippen molar-refractivity contribution in [3.8, 4) is 0 Å². The summed E-state index contributed by atoms with van der Waals surface area (Å²) in [5, 5.41) is 0. The molecule has 3 rings (SSSR count). The molecule has 0 aromatic heterocycles. The summed E-state index contributed by atoms with van der Waals surface area (Å²) in [5.74, 6) is -0.329. The van der Waals surface area contributed by atoms with Crippen LogP contribution < -0.4 is 0 Å². The van der Waals surface area contributed by atoms with Gasteiger partial charge in [-0.1, -0.05) is 48.5 Å². The van der Waals surface area contributed by atoms with Gasteiger partial charge in [-0.25, -0.2) is 8.42 Å². The van der Waals surface area contributed by atoms with E-state index in [-0.39, 0.29) is 16.6 Å². The second-order valence-electron chi connectivity index (χ2n) is 6.19. The molecule has 0 spiro atoms. The molecule has 2 aromatic carbocycles. The largest absolute Gasteiger partial charge is 0.298 e. The molecule has 1 fully saturated rings. The molecular weight excluding hydrogens is 308 g/mol. The zero-order chi connectivity index (χ0) is 16.5. The van der Waals surface area contributed by atoms with Gasteiger partial charge in [0, 0.05) is 0 Å². The Morgan fingerprint density at radius 3 is 2.17 bits per heavy atom. The molecule has 23 heavy (non-hydrogen) atoms. The fraction of sp³-hybridized carbons (Fsp3) is 0.316. The Balaban J connectivity index is 1.82. The molecule has 0 unspecified atom stereocenters. The van der Waals surface area contributed by atoms with Crippen molar-refractivity contribution in [2.24, 2.45) is 5.92 Å². The lowest BCUT2D eigenvalue weighted by atomic mass is 10.1. The van der Waals surface area contributed by atoms with E-state index in [9.17, 15) is 13.2 Å². The van der Waals surface area contributed by atoms with E-state index in [1.165, 1.54) is 12.5 Å². The van der Waals surface area contributed by atoms with Crippen LogP contribution >= 0.6 is 0 Å². The van der Waals surface area contributed by atoms with Crippen molar-refractivity contribution >= 4 is 15.6 Å². The number of sulfone groups is 1.